The first-order valence-electron chi connectivity index (χ1n) is 10.1. The lowest BCUT2D eigenvalue weighted by atomic mass is 9.73. The minimum absolute atomic E-state index is 0.149. The fraction of sp³-hybridized carbons (Fsp3) is 0.619. The van der Waals surface area contributed by atoms with Crippen LogP contribution in [0.2, 0.25) is 0 Å². The number of hydrogen-bond donors (Lipinski definition) is 1. The Morgan fingerprint density at radius 2 is 2.19 bits per heavy atom. The van der Waals surface area contributed by atoms with Crippen LogP contribution in [0.3, 0.4) is 0 Å². The second-order valence-electron chi connectivity index (χ2n) is 8.36. The Labute approximate surface area is 160 Å². The maximum Gasteiger partial charge on any atom is 0.222 e. The lowest BCUT2D eigenvalue weighted by Gasteiger charge is -2.48. The summed E-state index contributed by atoms with van der Waals surface area (Å²) in [6, 6.07) is 4.16. The molecule has 2 fully saturated rings. The summed E-state index contributed by atoms with van der Waals surface area (Å²) in [4.78, 5) is 21.6. The van der Waals surface area contributed by atoms with Gasteiger partial charge in [0.05, 0.1) is 5.69 Å². The van der Waals surface area contributed by atoms with Crippen molar-refractivity contribution < 1.29 is 9.90 Å². The molecular formula is C21H30N4O2. The molecule has 0 radical (unpaired) electrons. The monoisotopic (exact) mass is 370 g/mol. The first-order valence-corrected chi connectivity index (χ1v) is 10.1. The van der Waals surface area contributed by atoms with Gasteiger partial charge in [-0.2, -0.15) is 0 Å². The molecule has 0 aliphatic carbocycles. The van der Waals surface area contributed by atoms with Gasteiger partial charge in [-0.15, -0.1) is 0 Å². The number of fused-ring (bicyclic) bond motifs is 1. The summed E-state index contributed by atoms with van der Waals surface area (Å²) in [6.07, 6.45) is 8.87. The van der Waals surface area contributed by atoms with Crippen LogP contribution in [0.25, 0.3) is 5.65 Å². The zero-order valence-corrected chi connectivity index (χ0v) is 16.2. The summed E-state index contributed by atoms with van der Waals surface area (Å²) in [5.41, 5.74) is 3.56. The highest BCUT2D eigenvalue weighted by molar-refractivity contribution is 5.77. The number of likely N-dealkylation sites (tertiary alicyclic amines) is 2. The SMILES string of the molecule is Cc1cccn2cc(CN3CCC[C@]4(CCC(=O)N(CCCO)C4)C3)nc12. The van der Waals surface area contributed by atoms with Crippen LogP contribution in [0.1, 0.15) is 43.4 Å². The third kappa shape index (κ3) is 3.87. The Morgan fingerprint density at radius 1 is 1.30 bits per heavy atom. The summed E-state index contributed by atoms with van der Waals surface area (Å²) in [5.74, 6) is 0.252. The minimum Gasteiger partial charge on any atom is -0.396 e. The van der Waals surface area contributed by atoms with E-state index in [1.807, 2.05) is 4.90 Å². The number of rotatable bonds is 5. The summed E-state index contributed by atoms with van der Waals surface area (Å²) in [6.45, 7) is 6.77. The van der Waals surface area contributed by atoms with Gasteiger partial charge in [-0.25, -0.2) is 4.98 Å². The average molecular weight is 370 g/mol. The predicted molar refractivity (Wildman–Crippen MR) is 104 cm³/mol. The number of pyridine rings is 1. The van der Waals surface area contributed by atoms with Crippen LogP contribution in [-0.4, -0.2) is 63.0 Å². The molecule has 1 spiro atoms. The molecule has 2 saturated heterocycles. The zero-order valence-electron chi connectivity index (χ0n) is 16.2. The lowest BCUT2D eigenvalue weighted by Crippen LogP contribution is -2.54. The minimum atomic E-state index is 0.149. The quantitative estimate of drug-likeness (QED) is 0.877. The fourth-order valence-electron chi connectivity index (χ4n) is 4.86. The molecule has 2 aliphatic rings. The Bertz CT molecular complexity index is 818. The Hall–Kier alpha value is -1.92. The standard InChI is InChI=1S/C21H30N4O2/c1-17-5-2-10-24-14-18(22-20(17)24)13-23-9-3-7-21(15-23)8-6-19(27)25(16-21)11-4-12-26/h2,5,10,14,26H,3-4,6-9,11-13,15-16H2,1H3/t21-/m0/s1. The molecule has 1 N–H and O–H groups in total. The van der Waals surface area contributed by atoms with Crippen molar-refractivity contribution in [2.24, 2.45) is 5.41 Å². The van der Waals surface area contributed by atoms with Gasteiger partial charge in [0, 0.05) is 57.0 Å². The summed E-state index contributed by atoms with van der Waals surface area (Å²) >= 11 is 0. The van der Waals surface area contributed by atoms with Crippen LogP contribution in [0.4, 0.5) is 0 Å². The van der Waals surface area contributed by atoms with Crippen molar-refractivity contribution in [2.45, 2.75) is 45.6 Å². The van der Waals surface area contributed by atoms with Crippen molar-refractivity contribution in [2.75, 3.05) is 32.8 Å². The predicted octanol–water partition coefficient (Wildman–Crippen LogP) is 2.23. The van der Waals surface area contributed by atoms with E-state index in [1.54, 1.807) is 0 Å². The molecule has 6 heteroatoms. The normalized spacial score (nSPS) is 24.2. The number of aliphatic hydroxyl groups is 1. The van der Waals surface area contributed by atoms with Crippen molar-refractivity contribution in [3.8, 4) is 0 Å². The van der Waals surface area contributed by atoms with Gasteiger partial charge < -0.3 is 14.4 Å². The van der Waals surface area contributed by atoms with Crippen LogP contribution >= 0.6 is 0 Å². The molecule has 0 saturated carbocycles. The van der Waals surface area contributed by atoms with E-state index in [-0.39, 0.29) is 17.9 Å². The zero-order chi connectivity index (χ0) is 18.9. The Morgan fingerprint density at radius 3 is 3.00 bits per heavy atom. The molecular weight excluding hydrogens is 340 g/mol. The Balaban J connectivity index is 1.45. The fourth-order valence-corrected chi connectivity index (χ4v) is 4.86. The number of hydrogen-bond acceptors (Lipinski definition) is 4. The van der Waals surface area contributed by atoms with Gasteiger partial charge in [0.1, 0.15) is 5.65 Å². The van der Waals surface area contributed by atoms with E-state index < -0.39 is 0 Å². The third-order valence-corrected chi connectivity index (χ3v) is 6.19. The van der Waals surface area contributed by atoms with Crippen molar-refractivity contribution in [1.29, 1.82) is 0 Å². The van der Waals surface area contributed by atoms with E-state index in [9.17, 15) is 4.79 Å². The van der Waals surface area contributed by atoms with Crippen LogP contribution in [0.5, 0.6) is 0 Å². The van der Waals surface area contributed by atoms with E-state index in [1.165, 1.54) is 18.4 Å². The second-order valence-corrected chi connectivity index (χ2v) is 8.36. The smallest absolute Gasteiger partial charge is 0.222 e. The summed E-state index contributed by atoms with van der Waals surface area (Å²) in [7, 11) is 0. The molecule has 2 aromatic heterocycles. The molecule has 0 bridgehead atoms. The number of carbonyl (C=O) groups is 1. The molecule has 146 valence electrons. The number of piperidine rings is 2. The maximum absolute atomic E-state index is 12.2. The number of aryl methyl sites for hydroxylation is 1. The molecule has 1 atom stereocenters. The summed E-state index contributed by atoms with van der Waals surface area (Å²) < 4.78 is 2.11. The van der Waals surface area contributed by atoms with Gasteiger partial charge in [0.2, 0.25) is 5.91 Å². The molecule has 0 aromatic carbocycles. The maximum atomic E-state index is 12.2. The van der Waals surface area contributed by atoms with Crippen molar-refractivity contribution >= 4 is 11.6 Å². The molecule has 2 aliphatic heterocycles. The number of aromatic nitrogens is 2. The van der Waals surface area contributed by atoms with Crippen LogP contribution in [0, 0.1) is 12.3 Å². The van der Waals surface area contributed by atoms with E-state index in [0.29, 0.717) is 19.4 Å². The molecule has 4 heterocycles. The largest absolute Gasteiger partial charge is 0.396 e. The molecule has 1 amide bonds. The molecule has 27 heavy (non-hydrogen) atoms. The van der Waals surface area contributed by atoms with Crippen LogP contribution in [0.15, 0.2) is 24.5 Å². The topological polar surface area (TPSA) is 61.1 Å². The first-order chi connectivity index (χ1) is 13.1. The number of carbonyl (C=O) groups excluding carboxylic acids is 1. The highest BCUT2D eigenvalue weighted by Gasteiger charge is 2.41. The molecule has 6 nitrogen and oxygen atoms in total. The van der Waals surface area contributed by atoms with Gasteiger partial charge in [0.25, 0.3) is 0 Å². The number of amides is 1. The van der Waals surface area contributed by atoms with Crippen LogP contribution < -0.4 is 0 Å². The Kier molecular flexibility index (Phi) is 5.19. The average Bonchev–Trinajstić information content (AvgIpc) is 3.07. The van der Waals surface area contributed by atoms with Crippen molar-refractivity contribution in [1.82, 2.24) is 19.2 Å². The van der Waals surface area contributed by atoms with E-state index >= 15 is 0 Å². The number of imidazole rings is 1. The number of aliphatic hydroxyl groups excluding tert-OH is 1. The van der Waals surface area contributed by atoms with Crippen molar-refractivity contribution in [3.05, 3.63) is 35.8 Å². The molecule has 2 aromatic rings. The van der Waals surface area contributed by atoms with E-state index in [4.69, 9.17) is 10.1 Å². The molecule has 0 unspecified atom stereocenters. The van der Waals surface area contributed by atoms with E-state index in [2.05, 4.69) is 40.8 Å². The lowest BCUT2D eigenvalue weighted by molar-refractivity contribution is -0.139. The van der Waals surface area contributed by atoms with Crippen LogP contribution in [-0.2, 0) is 11.3 Å². The van der Waals surface area contributed by atoms with Gasteiger partial charge in [0.15, 0.2) is 0 Å². The van der Waals surface area contributed by atoms with Gasteiger partial charge in [-0.3, -0.25) is 9.69 Å². The van der Waals surface area contributed by atoms with Gasteiger partial charge >= 0.3 is 0 Å². The highest BCUT2D eigenvalue weighted by Crippen LogP contribution is 2.39. The summed E-state index contributed by atoms with van der Waals surface area (Å²) in [5, 5.41) is 9.12. The van der Waals surface area contributed by atoms with Gasteiger partial charge in [-0.05, 0) is 50.8 Å². The first kappa shape index (κ1) is 18.4. The third-order valence-electron chi connectivity index (χ3n) is 6.19. The number of nitrogens with zero attached hydrogens (tertiary/aromatic N) is 4. The van der Waals surface area contributed by atoms with E-state index in [0.717, 1.165) is 43.9 Å². The van der Waals surface area contributed by atoms with Crippen molar-refractivity contribution in [3.63, 3.8) is 0 Å². The second kappa shape index (κ2) is 7.60. The highest BCUT2D eigenvalue weighted by atomic mass is 16.3. The van der Waals surface area contributed by atoms with Gasteiger partial charge in [-0.1, -0.05) is 6.07 Å². The molecule has 4 rings (SSSR count).